The van der Waals surface area contributed by atoms with E-state index in [-0.39, 0.29) is 5.82 Å². The first kappa shape index (κ1) is 7.51. The highest BCUT2D eigenvalue weighted by atomic mass is 19.1. The van der Waals surface area contributed by atoms with Crippen molar-refractivity contribution in [2.45, 2.75) is 31.3 Å². The number of halogens is 1. The van der Waals surface area contributed by atoms with Crippen LogP contribution in [0.4, 0.5) is 4.39 Å². The Morgan fingerprint density at radius 2 is 2.15 bits per heavy atom. The Balaban J connectivity index is 1.81. The van der Waals surface area contributed by atoms with Crippen molar-refractivity contribution in [1.29, 1.82) is 0 Å². The summed E-state index contributed by atoms with van der Waals surface area (Å²) >= 11 is 0. The fourth-order valence-corrected chi connectivity index (χ4v) is 1.96. The molecule has 68 valence electrons. The Kier molecular flexibility index (Phi) is 1.47. The molecular formula is C11H12FN. The van der Waals surface area contributed by atoms with Gasteiger partial charge in [-0.15, -0.1) is 0 Å². The van der Waals surface area contributed by atoms with Gasteiger partial charge in [0.15, 0.2) is 0 Å². The van der Waals surface area contributed by atoms with Gasteiger partial charge in [-0.1, -0.05) is 6.07 Å². The van der Waals surface area contributed by atoms with Crippen LogP contribution in [0.3, 0.4) is 0 Å². The normalized spacial score (nSPS) is 25.2. The topological polar surface area (TPSA) is 12.0 Å². The highest BCUT2D eigenvalue weighted by molar-refractivity contribution is 5.40. The van der Waals surface area contributed by atoms with E-state index >= 15 is 0 Å². The molecule has 13 heavy (non-hydrogen) atoms. The first-order valence-corrected chi connectivity index (χ1v) is 4.87. The zero-order chi connectivity index (χ0) is 8.84. The Labute approximate surface area is 77.0 Å². The van der Waals surface area contributed by atoms with Crippen molar-refractivity contribution in [2.75, 3.05) is 0 Å². The molecule has 0 aliphatic heterocycles. The molecule has 2 aliphatic rings. The number of hydrogen-bond acceptors (Lipinski definition) is 1. The van der Waals surface area contributed by atoms with Gasteiger partial charge in [-0.25, -0.2) is 4.39 Å². The van der Waals surface area contributed by atoms with Gasteiger partial charge < -0.3 is 5.32 Å². The third-order valence-corrected chi connectivity index (χ3v) is 2.92. The Bertz CT molecular complexity index is 344. The van der Waals surface area contributed by atoms with Gasteiger partial charge in [0.1, 0.15) is 5.82 Å². The van der Waals surface area contributed by atoms with Gasteiger partial charge in [-0.3, -0.25) is 0 Å². The molecule has 1 nitrogen and oxygen atoms in total. The van der Waals surface area contributed by atoms with Crippen molar-refractivity contribution >= 4 is 0 Å². The van der Waals surface area contributed by atoms with E-state index in [1.54, 1.807) is 12.1 Å². The smallest absolute Gasteiger partial charge is 0.123 e. The molecule has 1 fully saturated rings. The summed E-state index contributed by atoms with van der Waals surface area (Å²) in [5.41, 5.74) is 2.48. The van der Waals surface area contributed by atoms with Gasteiger partial charge in [0.25, 0.3) is 0 Å². The van der Waals surface area contributed by atoms with Crippen molar-refractivity contribution < 1.29 is 4.39 Å². The monoisotopic (exact) mass is 177 g/mol. The number of nitrogens with one attached hydrogen (secondary N) is 1. The second-order valence-corrected chi connectivity index (χ2v) is 4.04. The lowest BCUT2D eigenvalue weighted by atomic mass is 9.83. The molecule has 0 saturated heterocycles. The maximum atomic E-state index is 12.9. The zero-order valence-electron chi connectivity index (χ0n) is 7.39. The number of fused-ring (bicyclic) bond motifs is 1. The van der Waals surface area contributed by atoms with Crippen LogP contribution in [0, 0.1) is 5.82 Å². The van der Waals surface area contributed by atoms with E-state index in [1.807, 2.05) is 6.07 Å². The van der Waals surface area contributed by atoms with Crippen LogP contribution in [0.5, 0.6) is 0 Å². The summed E-state index contributed by atoms with van der Waals surface area (Å²) in [6, 6.07) is 6.25. The lowest BCUT2D eigenvalue weighted by molar-refractivity contribution is 0.473. The third kappa shape index (κ3) is 1.25. The average molecular weight is 177 g/mol. The third-order valence-electron chi connectivity index (χ3n) is 2.92. The van der Waals surface area contributed by atoms with E-state index in [2.05, 4.69) is 5.32 Å². The SMILES string of the molecule is Fc1ccc2c(c1)C(NC1CC1)C2. The predicted octanol–water partition coefficient (Wildman–Crippen LogP) is 2.17. The van der Waals surface area contributed by atoms with Gasteiger partial charge in [0.2, 0.25) is 0 Å². The Morgan fingerprint density at radius 1 is 1.31 bits per heavy atom. The maximum Gasteiger partial charge on any atom is 0.123 e. The standard InChI is InChI=1S/C11H12FN/c12-8-2-1-7-5-11(10(7)6-8)13-9-3-4-9/h1-2,6,9,11,13H,3-5H2. The number of benzene rings is 1. The van der Waals surface area contributed by atoms with E-state index in [0.29, 0.717) is 12.1 Å². The molecule has 0 bridgehead atoms. The van der Waals surface area contributed by atoms with Crippen LogP contribution in [0.1, 0.15) is 30.0 Å². The molecule has 0 amide bonds. The van der Waals surface area contributed by atoms with Crippen LogP contribution in [0.25, 0.3) is 0 Å². The summed E-state index contributed by atoms with van der Waals surface area (Å²) in [7, 11) is 0. The largest absolute Gasteiger partial charge is 0.307 e. The minimum absolute atomic E-state index is 0.110. The minimum atomic E-state index is -0.110. The molecular weight excluding hydrogens is 165 g/mol. The maximum absolute atomic E-state index is 12.9. The summed E-state index contributed by atoms with van der Waals surface area (Å²) in [4.78, 5) is 0. The second kappa shape index (κ2) is 2.55. The summed E-state index contributed by atoms with van der Waals surface area (Å²) in [6.07, 6.45) is 3.66. The molecule has 1 aromatic rings. The molecule has 0 radical (unpaired) electrons. The molecule has 3 rings (SSSR count). The Morgan fingerprint density at radius 3 is 2.92 bits per heavy atom. The van der Waals surface area contributed by atoms with Crippen LogP contribution in [-0.2, 0) is 6.42 Å². The molecule has 2 aliphatic carbocycles. The molecule has 0 spiro atoms. The van der Waals surface area contributed by atoms with Gasteiger partial charge >= 0.3 is 0 Å². The van der Waals surface area contributed by atoms with Gasteiger partial charge in [0.05, 0.1) is 0 Å². The van der Waals surface area contributed by atoms with Crippen molar-refractivity contribution in [1.82, 2.24) is 5.32 Å². The van der Waals surface area contributed by atoms with Crippen molar-refractivity contribution in [3.8, 4) is 0 Å². The minimum Gasteiger partial charge on any atom is -0.307 e. The highest BCUT2D eigenvalue weighted by Gasteiger charge is 2.31. The van der Waals surface area contributed by atoms with Crippen LogP contribution >= 0.6 is 0 Å². The van der Waals surface area contributed by atoms with Crippen LogP contribution in [0.15, 0.2) is 18.2 Å². The van der Waals surface area contributed by atoms with Crippen molar-refractivity contribution in [2.24, 2.45) is 0 Å². The van der Waals surface area contributed by atoms with Gasteiger partial charge in [0, 0.05) is 12.1 Å². The van der Waals surface area contributed by atoms with Gasteiger partial charge in [-0.05, 0) is 42.5 Å². The molecule has 0 heterocycles. The number of rotatable bonds is 2. The molecule has 1 saturated carbocycles. The van der Waals surface area contributed by atoms with Crippen LogP contribution in [-0.4, -0.2) is 6.04 Å². The van der Waals surface area contributed by atoms with Crippen molar-refractivity contribution in [3.63, 3.8) is 0 Å². The van der Waals surface area contributed by atoms with Crippen LogP contribution in [0.2, 0.25) is 0 Å². The highest BCUT2D eigenvalue weighted by Crippen LogP contribution is 2.36. The van der Waals surface area contributed by atoms with E-state index in [4.69, 9.17) is 0 Å². The fraction of sp³-hybridized carbons (Fsp3) is 0.455. The summed E-state index contributed by atoms with van der Waals surface area (Å²) < 4.78 is 12.9. The van der Waals surface area contributed by atoms with Crippen molar-refractivity contribution in [3.05, 3.63) is 35.1 Å². The van der Waals surface area contributed by atoms with E-state index in [9.17, 15) is 4.39 Å². The molecule has 0 aromatic heterocycles. The summed E-state index contributed by atoms with van der Waals surface area (Å²) in [5, 5.41) is 3.51. The van der Waals surface area contributed by atoms with E-state index in [0.717, 1.165) is 6.42 Å². The van der Waals surface area contributed by atoms with Gasteiger partial charge in [-0.2, -0.15) is 0 Å². The van der Waals surface area contributed by atoms with E-state index in [1.165, 1.54) is 24.0 Å². The lowest BCUT2D eigenvalue weighted by Gasteiger charge is -2.31. The summed E-state index contributed by atoms with van der Waals surface area (Å²) in [6.45, 7) is 0. The second-order valence-electron chi connectivity index (χ2n) is 4.04. The first-order chi connectivity index (χ1) is 6.33. The Hall–Kier alpha value is -0.890. The average Bonchev–Trinajstić information content (AvgIpc) is 2.88. The molecule has 1 N–H and O–H groups in total. The fourth-order valence-electron chi connectivity index (χ4n) is 1.96. The lowest BCUT2D eigenvalue weighted by Crippen LogP contribution is -2.32. The predicted molar refractivity (Wildman–Crippen MR) is 49.0 cm³/mol. The first-order valence-electron chi connectivity index (χ1n) is 4.87. The molecule has 1 atom stereocenters. The van der Waals surface area contributed by atoms with Crippen LogP contribution < -0.4 is 5.32 Å². The van der Waals surface area contributed by atoms with E-state index < -0.39 is 0 Å². The quantitative estimate of drug-likeness (QED) is 0.730. The summed E-state index contributed by atoms with van der Waals surface area (Å²) in [5.74, 6) is -0.110. The molecule has 2 heteroatoms. The molecule has 1 unspecified atom stereocenters. The zero-order valence-corrected chi connectivity index (χ0v) is 7.39. The molecule has 1 aromatic carbocycles. The number of hydrogen-bond donors (Lipinski definition) is 1.